The highest BCUT2D eigenvalue weighted by Gasteiger charge is 2.50. The van der Waals surface area contributed by atoms with Crippen molar-refractivity contribution in [2.24, 2.45) is 0 Å². The van der Waals surface area contributed by atoms with Crippen LogP contribution in [0.2, 0.25) is 0 Å². The van der Waals surface area contributed by atoms with E-state index in [4.69, 9.17) is 0 Å². The highest BCUT2D eigenvalue weighted by Crippen LogP contribution is 2.41. The number of hydrogen-bond acceptors (Lipinski definition) is 3. The fourth-order valence-electron chi connectivity index (χ4n) is 3.66. The monoisotopic (exact) mass is 347 g/mol. The maximum atomic E-state index is 12.4. The van der Waals surface area contributed by atoms with Crippen molar-refractivity contribution in [2.75, 3.05) is 19.7 Å². The third kappa shape index (κ3) is 4.12. The van der Waals surface area contributed by atoms with Crippen molar-refractivity contribution < 1.29 is 14.7 Å². The standard InChI is InChI=1S/C19H29N3O3/c1-5-21(19(25)20-13(2)3)11-16-18(15-9-7-6-8-10-15)17(12-23)22(16)14(4)24/h6-10,13,16-18,23H,5,11-12H2,1-4H3,(H,20,25)/t16-,17+,18-/m1/s1. The molecule has 3 amide bonds. The Morgan fingerprint density at radius 2 is 1.88 bits per heavy atom. The Morgan fingerprint density at radius 3 is 2.36 bits per heavy atom. The first-order valence-corrected chi connectivity index (χ1v) is 8.90. The average molecular weight is 347 g/mol. The largest absolute Gasteiger partial charge is 0.394 e. The van der Waals surface area contributed by atoms with Crippen molar-refractivity contribution in [2.45, 2.75) is 51.7 Å². The van der Waals surface area contributed by atoms with Gasteiger partial charge in [-0.15, -0.1) is 0 Å². The Balaban J connectivity index is 2.23. The van der Waals surface area contributed by atoms with Gasteiger partial charge in [-0.05, 0) is 26.3 Å². The number of amides is 3. The molecular formula is C19H29N3O3. The number of rotatable bonds is 6. The van der Waals surface area contributed by atoms with Crippen molar-refractivity contribution in [3.8, 4) is 0 Å². The molecule has 1 heterocycles. The van der Waals surface area contributed by atoms with Crippen LogP contribution in [0.1, 0.15) is 39.2 Å². The second kappa shape index (κ2) is 8.34. The van der Waals surface area contributed by atoms with Gasteiger partial charge in [-0.25, -0.2) is 4.79 Å². The molecule has 1 aliphatic heterocycles. The van der Waals surface area contributed by atoms with Crippen LogP contribution in [-0.2, 0) is 4.79 Å². The highest BCUT2D eigenvalue weighted by atomic mass is 16.3. The summed E-state index contributed by atoms with van der Waals surface area (Å²) in [5.41, 5.74) is 1.09. The van der Waals surface area contributed by atoms with Gasteiger partial charge in [-0.2, -0.15) is 0 Å². The van der Waals surface area contributed by atoms with Gasteiger partial charge in [0.25, 0.3) is 0 Å². The molecule has 0 radical (unpaired) electrons. The number of carbonyl (C=O) groups excluding carboxylic acids is 2. The average Bonchev–Trinajstić information content (AvgIpc) is 2.54. The molecule has 1 aromatic rings. The summed E-state index contributed by atoms with van der Waals surface area (Å²) in [5.74, 6) is -0.0486. The molecule has 0 aliphatic carbocycles. The number of benzene rings is 1. The molecule has 3 atom stereocenters. The number of carbonyl (C=O) groups is 2. The molecule has 0 saturated carbocycles. The van der Waals surface area contributed by atoms with E-state index in [9.17, 15) is 14.7 Å². The normalized spacial score (nSPS) is 22.5. The molecule has 2 rings (SSSR count). The molecule has 25 heavy (non-hydrogen) atoms. The predicted octanol–water partition coefficient (Wildman–Crippen LogP) is 1.80. The Bertz CT molecular complexity index is 591. The van der Waals surface area contributed by atoms with Crippen LogP contribution in [0.3, 0.4) is 0 Å². The number of hydrogen-bond donors (Lipinski definition) is 2. The molecular weight excluding hydrogens is 318 g/mol. The van der Waals surface area contributed by atoms with Crippen LogP contribution in [0, 0.1) is 0 Å². The number of likely N-dealkylation sites (N-methyl/N-ethyl adjacent to an activating group) is 1. The van der Waals surface area contributed by atoms with E-state index < -0.39 is 0 Å². The highest BCUT2D eigenvalue weighted by molar-refractivity contribution is 5.77. The lowest BCUT2D eigenvalue weighted by molar-refractivity contribution is -0.149. The van der Waals surface area contributed by atoms with Crippen LogP contribution in [0.5, 0.6) is 0 Å². The van der Waals surface area contributed by atoms with Crippen LogP contribution in [0.25, 0.3) is 0 Å². The fourth-order valence-corrected chi connectivity index (χ4v) is 3.66. The summed E-state index contributed by atoms with van der Waals surface area (Å²) in [6.07, 6.45) is 0. The molecule has 6 nitrogen and oxygen atoms in total. The lowest BCUT2D eigenvalue weighted by Gasteiger charge is -2.55. The Labute approximate surface area is 149 Å². The molecule has 1 aliphatic rings. The van der Waals surface area contributed by atoms with E-state index >= 15 is 0 Å². The molecule has 1 saturated heterocycles. The number of nitrogens with one attached hydrogen (secondary N) is 1. The minimum absolute atomic E-state index is 0.0241. The zero-order valence-electron chi connectivity index (χ0n) is 15.5. The van der Waals surface area contributed by atoms with Crippen LogP contribution >= 0.6 is 0 Å². The molecule has 0 unspecified atom stereocenters. The zero-order chi connectivity index (χ0) is 18.6. The Kier molecular flexibility index (Phi) is 6.42. The van der Waals surface area contributed by atoms with E-state index in [-0.39, 0.29) is 42.6 Å². The number of urea groups is 1. The van der Waals surface area contributed by atoms with Crippen molar-refractivity contribution >= 4 is 11.9 Å². The third-order valence-corrected chi connectivity index (χ3v) is 4.77. The molecule has 2 N–H and O–H groups in total. The van der Waals surface area contributed by atoms with Crippen molar-refractivity contribution in [3.05, 3.63) is 35.9 Å². The van der Waals surface area contributed by atoms with Crippen molar-refractivity contribution in [1.82, 2.24) is 15.1 Å². The van der Waals surface area contributed by atoms with Gasteiger partial charge in [0.2, 0.25) is 5.91 Å². The molecule has 6 heteroatoms. The van der Waals surface area contributed by atoms with E-state index in [0.717, 1.165) is 5.56 Å². The zero-order valence-corrected chi connectivity index (χ0v) is 15.5. The van der Waals surface area contributed by atoms with Gasteiger partial charge >= 0.3 is 6.03 Å². The summed E-state index contributed by atoms with van der Waals surface area (Å²) in [6, 6.07) is 9.46. The first-order valence-electron chi connectivity index (χ1n) is 8.90. The van der Waals surface area contributed by atoms with E-state index in [2.05, 4.69) is 5.32 Å². The van der Waals surface area contributed by atoms with Gasteiger partial charge in [0.1, 0.15) is 0 Å². The topological polar surface area (TPSA) is 72.9 Å². The quantitative estimate of drug-likeness (QED) is 0.824. The van der Waals surface area contributed by atoms with Gasteiger partial charge in [0.15, 0.2) is 0 Å². The number of aliphatic hydroxyl groups excluding tert-OH is 1. The van der Waals surface area contributed by atoms with Crippen LogP contribution in [0.4, 0.5) is 4.79 Å². The summed E-state index contributed by atoms with van der Waals surface area (Å²) < 4.78 is 0. The van der Waals surface area contributed by atoms with Crippen LogP contribution in [0.15, 0.2) is 30.3 Å². The Morgan fingerprint density at radius 1 is 1.24 bits per heavy atom. The number of nitrogens with zero attached hydrogens (tertiary/aromatic N) is 2. The minimum Gasteiger partial charge on any atom is -0.394 e. The van der Waals surface area contributed by atoms with Gasteiger partial charge in [-0.1, -0.05) is 30.3 Å². The second-order valence-electron chi connectivity index (χ2n) is 6.82. The minimum atomic E-state index is -0.239. The number of aliphatic hydroxyl groups is 1. The predicted molar refractivity (Wildman–Crippen MR) is 97.3 cm³/mol. The van der Waals surface area contributed by atoms with E-state index in [1.54, 1.807) is 9.80 Å². The van der Waals surface area contributed by atoms with Crippen molar-refractivity contribution in [1.29, 1.82) is 0 Å². The lowest BCUT2D eigenvalue weighted by Crippen LogP contribution is -2.68. The second-order valence-corrected chi connectivity index (χ2v) is 6.82. The van der Waals surface area contributed by atoms with Crippen LogP contribution < -0.4 is 5.32 Å². The molecule has 1 aromatic carbocycles. The summed E-state index contributed by atoms with van der Waals surface area (Å²) in [5, 5.41) is 12.7. The van der Waals surface area contributed by atoms with Gasteiger partial charge < -0.3 is 20.2 Å². The van der Waals surface area contributed by atoms with E-state index in [1.165, 1.54) is 6.92 Å². The molecule has 0 aromatic heterocycles. The summed E-state index contributed by atoms with van der Waals surface area (Å²) >= 11 is 0. The lowest BCUT2D eigenvalue weighted by atomic mass is 9.75. The van der Waals surface area contributed by atoms with Gasteiger partial charge in [0, 0.05) is 32.0 Å². The Hall–Kier alpha value is -2.08. The van der Waals surface area contributed by atoms with E-state index in [0.29, 0.717) is 13.1 Å². The van der Waals surface area contributed by atoms with Gasteiger partial charge in [-0.3, -0.25) is 4.79 Å². The molecule has 138 valence electrons. The maximum absolute atomic E-state index is 12.4. The van der Waals surface area contributed by atoms with E-state index in [1.807, 2.05) is 51.1 Å². The summed E-state index contributed by atoms with van der Waals surface area (Å²) in [7, 11) is 0. The molecule has 0 bridgehead atoms. The maximum Gasteiger partial charge on any atom is 0.317 e. The van der Waals surface area contributed by atoms with Gasteiger partial charge in [0.05, 0.1) is 18.7 Å². The smallest absolute Gasteiger partial charge is 0.317 e. The first-order chi connectivity index (χ1) is 11.9. The number of likely N-dealkylation sites (tertiary alicyclic amines) is 1. The molecule has 0 spiro atoms. The summed E-state index contributed by atoms with van der Waals surface area (Å²) in [4.78, 5) is 27.9. The third-order valence-electron chi connectivity index (χ3n) is 4.77. The SMILES string of the molecule is CCN(C[C@@H]1[C@@H](c2ccccc2)[C@H](CO)N1C(C)=O)C(=O)NC(C)C. The molecule has 1 fully saturated rings. The van der Waals surface area contributed by atoms with Crippen molar-refractivity contribution in [3.63, 3.8) is 0 Å². The summed E-state index contributed by atoms with van der Waals surface area (Å²) in [6.45, 7) is 8.22. The fraction of sp³-hybridized carbons (Fsp3) is 0.579. The first kappa shape index (κ1) is 19.2. The van der Waals surface area contributed by atoms with Crippen LogP contribution in [-0.4, -0.2) is 64.7 Å².